The Labute approximate surface area is 73.0 Å². The van der Waals surface area contributed by atoms with Crippen molar-refractivity contribution in [3.05, 3.63) is 29.3 Å². The number of phenolic OH excluding ortho intramolecular Hbond substituents is 1. The van der Waals surface area contributed by atoms with Gasteiger partial charge in [0, 0.05) is 0 Å². The van der Waals surface area contributed by atoms with E-state index in [0.29, 0.717) is 5.75 Å². The fourth-order valence-corrected chi connectivity index (χ4v) is 1.18. The Morgan fingerprint density at radius 2 is 2.17 bits per heavy atom. The lowest BCUT2D eigenvalue weighted by atomic mass is 10.1. The number of benzene rings is 1. The maximum Gasteiger partial charge on any atom is 0.118 e. The smallest absolute Gasteiger partial charge is 0.118 e. The van der Waals surface area contributed by atoms with E-state index in [1.165, 1.54) is 5.56 Å². The molecule has 0 aliphatic carbocycles. The lowest BCUT2D eigenvalue weighted by Gasteiger charge is -2.02. The predicted molar refractivity (Wildman–Crippen MR) is 50.2 cm³/mol. The standard InChI is InChI=1S/C10H15NO/c1-8-7-9(3-2-6-11)4-5-10(8)12/h4-5,7,12H,2-3,6,11H2,1H3. The largest absolute Gasteiger partial charge is 0.508 e. The van der Waals surface area contributed by atoms with Crippen LogP contribution in [0, 0.1) is 6.92 Å². The summed E-state index contributed by atoms with van der Waals surface area (Å²) in [5, 5.41) is 9.24. The number of rotatable bonds is 3. The van der Waals surface area contributed by atoms with Crippen LogP contribution in [0.1, 0.15) is 17.5 Å². The van der Waals surface area contributed by atoms with Crippen molar-refractivity contribution in [2.24, 2.45) is 5.73 Å². The molecule has 12 heavy (non-hydrogen) atoms. The zero-order chi connectivity index (χ0) is 8.97. The monoisotopic (exact) mass is 165 g/mol. The molecular formula is C10H15NO. The van der Waals surface area contributed by atoms with Crippen molar-refractivity contribution in [1.29, 1.82) is 0 Å². The molecule has 0 fully saturated rings. The topological polar surface area (TPSA) is 46.2 Å². The molecule has 0 aliphatic rings. The fourth-order valence-electron chi connectivity index (χ4n) is 1.18. The summed E-state index contributed by atoms with van der Waals surface area (Å²) in [7, 11) is 0. The average Bonchev–Trinajstić information content (AvgIpc) is 2.07. The zero-order valence-corrected chi connectivity index (χ0v) is 7.38. The van der Waals surface area contributed by atoms with Gasteiger partial charge in [-0.3, -0.25) is 0 Å². The molecule has 2 nitrogen and oxygen atoms in total. The maximum absolute atomic E-state index is 9.24. The number of hydrogen-bond acceptors (Lipinski definition) is 2. The molecule has 0 amide bonds. The van der Waals surface area contributed by atoms with Gasteiger partial charge in [-0.1, -0.05) is 12.1 Å². The third-order valence-corrected chi connectivity index (χ3v) is 1.93. The fraction of sp³-hybridized carbons (Fsp3) is 0.400. The van der Waals surface area contributed by atoms with E-state index < -0.39 is 0 Å². The Balaban J connectivity index is 2.69. The Hall–Kier alpha value is -1.02. The second-order valence-electron chi connectivity index (χ2n) is 3.01. The van der Waals surface area contributed by atoms with Gasteiger partial charge in [-0.15, -0.1) is 0 Å². The molecule has 0 heterocycles. The molecule has 1 rings (SSSR count). The van der Waals surface area contributed by atoms with Crippen molar-refractivity contribution in [3.8, 4) is 5.75 Å². The van der Waals surface area contributed by atoms with Gasteiger partial charge < -0.3 is 10.8 Å². The molecule has 1 aromatic rings. The molecule has 2 heteroatoms. The van der Waals surface area contributed by atoms with E-state index in [1.54, 1.807) is 6.07 Å². The summed E-state index contributed by atoms with van der Waals surface area (Å²) in [5.41, 5.74) is 7.58. The maximum atomic E-state index is 9.24. The van der Waals surface area contributed by atoms with E-state index >= 15 is 0 Å². The highest BCUT2D eigenvalue weighted by Crippen LogP contribution is 2.17. The molecule has 0 atom stereocenters. The summed E-state index contributed by atoms with van der Waals surface area (Å²) in [6, 6.07) is 5.68. The summed E-state index contributed by atoms with van der Waals surface area (Å²) >= 11 is 0. The Morgan fingerprint density at radius 3 is 2.75 bits per heavy atom. The van der Waals surface area contributed by atoms with Crippen LogP contribution in [0.2, 0.25) is 0 Å². The lowest BCUT2D eigenvalue weighted by molar-refractivity contribution is 0.471. The predicted octanol–water partition coefficient (Wildman–Crippen LogP) is 1.59. The van der Waals surface area contributed by atoms with Crippen LogP contribution in [-0.4, -0.2) is 11.7 Å². The summed E-state index contributed by atoms with van der Waals surface area (Å²) in [6.45, 7) is 2.63. The van der Waals surface area contributed by atoms with E-state index in [4.69, 9.17) is 5.73 Å². The molecule has 0 spiro atoms. The van der Waals surface area contributed by atoms with Gasteiger partial charge in [0.1, 0.15) is 5.75 Å². The van der Waals surface area contributed by atoms with E-state index in [1.807, 2.05) is 19.1 Å². The van der Waals surface area contributed by atoms with Crippen LogP contribution in [-0.2, 0) is 6.42 Å². The van der Waals surface area contributed by atoms with Crippen molar-refractivity contribution in [3.63, 3.8) is 0 Å². The number of nitrogens with two attached hydrogens (primary N) is 1. The minimum atomic E-state index is 0.367. The molecule has 0 aliphatic heterocycles. The Kier molecular flexibility index (Phi) is 3.11. The first-order valence-electron chi connectivity index (χ1n) is 4.22. The molecule has 0 unspecified atom stereocenters. The normalized spacial score (nSPS) is 10.2. The van der Waals surface area contributed by atoms with Crippen molar-refractivity contribution < 1.29 is 5.11 Å². The second-order valence-corrected chi connectivity index (χ2v) is 3.01. The van der Waals surface area contributed by atoms with Gasteiger partial charge in [0.15, 0.2) is 0 Å². The van der Waals surface area contributed by atoms with Gasteiger partial charge in [0.2, 0.25) is 0 Å². The van der Waals surface area contributed by atoms with Gasteiger partial charge >= 0.3 is 0 Å². The molecule has 0 aromatic heterocycles. The molecule has 3 N–H and O–H groups in total. The second kappa shape index (κ2) is 4.12. The van der Waals surface area contributed by atoms with Gasteiger partial charge in [0.25, 0.3) is 0 Å². The van der Waals surface area contributed by atoms with Gasteiger partial charge in [0.05, 0.1) is 0 Å². The first kappa shape index (κ1) is 9.07. The number of aromatic hydroxyl groups is 1. The quantitative estimate of drug-likeness (QED) is 0.714. The van der Waals surface area contributed by atoms with Crippen molar-refractivity contribution in [1.82, 2.24) is 0 Å². The van der Waals surface area contributed by atoms with Crippen LogP contribution in [0.15, 0.2) is 18.2 Å². The highest BCUT2D eigenvalue weighted by molar-refractivity contribution is 5.34. The summed E-state index contributed by atoms with van der Waals surface area (Å²) in [6.07, 6.45) is 2.00. The van der Waals surface area contributed by atoms with Crippen LogP contribution in [0.5, 0.6) is 5.75 Å². The first-order valence-corrected chi connectivity index (χ1v) is 4.22. The van der Waals surface area contributed by atoms with E-state index in [0.717, 1.165) is 24.9 Å². The van der Waals surface area contributed by atoms with E-state index in [-0.39, 0.29) is 0 Å². The van der Waals surface area contributed by atoms with Crippen LogP contribution < -0.4 is 5.73 Å². The van der Waals surface area contributed by atoms with E-state index in [9.17, 15) is 5.11 Å². The first-order chi connectivity index (χ1) is 5.74. The zero-order valence-electron chi connectivity index (χ0n) is 7.38. The molecule has 0 saturated heterocycles. The highest BCUT2D eigenvalue weighted by atomic mass is 16.3. The molecule has 66 valence electrons. The minimum absolute atomic E-state index is 0.367. The van der Waals surface area contributed by atoms with Gasteiger partial charge in [-0.05, 0) is 43.5 Å². The van der Waals surface area contributed by atoms with E-state index in [2.05, 4.69) is 0 Å². The SMILES string of the molecule is Cc1cc(CCCN)ccc1O. The Morgan fingerprint density at radius 1 is 1.42 bits per heavy atom. The van der Waals surface area contributed by atoms with Crippen molar-refractivity contribution >= 4 is 0 Å². The molecule has 1 aromatic carbocycles. The molecular weight excluding hydrogens is 150 g/mol. The molecule has 0 bridgehead atoms. The number of hydrogen-bond donors (Lipinski definition) is 2. The summed E-state index contributed by atoms with van der Waals surface area (Å²) < 4.78 is 0. The number of aryl methyl sites for hydroxylation is 2. The van der Waals surface area contributed by atoms with Crippen molar-refractivity contribution in [2.45, 2.75) is 19.8 Å². The lowest BCUT2D eigenvalue weighted by Crippen LogP contribution is -2.00. The third kappa shape index (κ3) is 2.24. The van der Waals surface area contributed by atoms with Crippen LogP contribution in [0.25, 0.3) is 0 Å². The Bertz CT molecular complexity index is 258. The average molecular weight is 165 g/mol. The van der Waals surface area contributed by atoms with Crippen LogP contribution in [0.4, 0.5) is 0 Å². The minimum Gasteiger partial charge on any atom is -0.508 e. The van der Waals surface area contributed by atoms with Gasteiger partial charge in [-0.25, -0.2) is 0 Å². The van der Waals surface area contributed by atoms with Crippen LogP contribution in [0.3, 0.4) is 0 Å². The van der Waals surface area contributed by atoms with Crippen LogP contribution >= 0.6 is 0 Å². The third-order valence-electron chi connectivity index (χ3n) is 1.93. The number of phenols is 1. The molecule has 0 radical (unpaired) electrons. The summed E-state index contributed by atoms with van der Waals surface area (Å²) in [5.74, 6) is 0.367. The molecule has 0 saturated carbocycles. The summed E-state index contributed by atoms with van der Waals surface area (Å²) in [4.78, 5) is 0. The van der Waals surface area contributed by atoms with Gasteiger partial charge in [-0.2, -0.15) is 0 Å². The highest BCUT2D eigenvalue weighted by Gasteiger charge is 1.96. The van der Waals surface area contributed by atoms with Crippen molar-refractivity contribution in [2.75, 3.05) is 6.54 Å².